The molecule has 2 aromatic carbocycles. The number of carbonyl (C=O) groups excluding carboxylic acids is 1. The van der Waals surface area contributed by atoms with E-state index in [2.05, 4.69) is 9.62 Å². The Labute approximate surface area is 226 Å². The van der Waals surface area contributed by atoms with Crippen LogP contribution in [0.25, 0.3) is 0 Å². The van der Waals surface area contributed by atoms with Crippen LogP contribution in [0.3, 0.4) is 0 Å². The highest BCUT2D eigenvalue weighted by atomic mass is 35.5. The minimum Gasteiger partial charge on any atom is -0.490 e. The molecule has 4 aliphatic rings. The minimum atomic E-state index is -3.74. The Morgan fingerprint density at radius 2 is 1.62 bits per heavy atom. The number of sulfonamides is 1. The molecule has 37 heavy (non-hydrogen) atoms. The lowest BCUT2D eigenvalue weighted by Gasteiger charge is -2.39. The number of amides is 1. The SMILES string of the molecule is O=C(NS(=O)(=O)C1CC1)c1cc(C2CC2)c(CN2[C@@H]3CC[C@H]2C[C@@H](Oc2cc(Cl)cc(Cl)c2)C3)cc1F. The topological polar surface area (TPSA) is 75.7 Å². The lowest BCUT2D eigenvalue weighted by Crippen LogP contribution is -2.45. The lowest BCUT2D eigenvalue weighted by molar-refractivity contribution is 0.0443. The fourth-order valence-corrected chi connectivity index (χ4v) is 7.72. The normalized spacial score (nSPS) is 25.8. The molecule has 2 aromatic rings. The molecule has 2 saturated carbocycles. The highest BCUT2D eigenvalue weighted by Crippen LogP contribution is 2.45. The third-order valence-corrected chi connectivity index (χ3v) is 10.3. The van der Waals surface area contributed by atoms with Crippen LogP contribution in [0.4, 0.5) is 4.39 Å². The first-order valence-electron chi connectivity index (χ1n) is 12.9. The van der Waals surface area contributed by atoms with Crippen LogP contribution in [0.5, 0.6) is 5.75 Å². The third kappa shape index (κ3) is 5.49. The van der Waals surface area contributed by atoms with Gasteiger partial charge < -0.3 is 4.74 Å². The molecular weight excluding hydrogens is 538 g/mol. The lowest BCUT2D eigenvalue weighted by atomic mass is 9.95. The van der Waals surface area contributed by atoms with Gasteiger partial charge in [-0.3, -0.25) is 9.69 Å². The van der Waals surface area contributed by atoms with Gasteiger partial charge in [0.15, 0.2) is 0 Å². The Balaban J connectivity index is 1.18. The minimum absolute atomic E-state index is 0.0578. The summed E-state index contributed by atoms with van der Waals surface area (Å²) in [5.74, 6) is -0.595. The maximum atomic E-state index is 15.2. The monoisotopic (exact) mass is 566 g/mol. The van der Waals surface area contributed by atoms with Crippen LogP contribution < -0.4 is 9.46 Å². The molecule has 2 saturated heterocycles. The van der Waals surface area contributed by atoms with Gasteiger partial charge in [-0.15, -0.1) is 0 Å². The van der Waals surface area contributed by atoms with Gasteiger partial charge in [-0.1, -0.05) is 23.2 Å². The summed E-state index contributed by atoms with van der Waals surface area (Å²) in [7, 11) is -3.74. The van der Waals surface area contributed by atoms with E-state index >= 15 is 4.39 Å². The summed E-state index contributed by atoms with van der Waals surface area (Å²) < 4.78 is 47.9. The highest BCUT2D eigenvalue weighted by molar-refractivity contribution is 7.91. The Hall–Kier alpha value is -1.87. The molecule has 4 fully saturated rings. The summed E-state index contributed by atoms with van der Waals surface area (Å²) in [5, 5.41) is 0.541. The molecular formula is C27H29Cl2FN2O4S. The molecule has 6 rings (SSSR count). The summed E-state index contributed by atoms with van der Waals surface area (Å²) in [5.41, 5.74) is 1.66. The molecule has 2 heterocycles. The van der Waals surface area contributed by atoms with Crippen molar-refractivity contribution in [1.82, 2.24) is 9.62 Å². The van der Waals surface area contributed by atoms with Crippen molar-refractivity contribution in [2.24, 2.45) is 0 Å². The molecule has 0 aromatic heterocycles. The molecule has 2 aliphatic heterocycles. The van der Waals surface area contributed by atoms with Gasteiger partial charge in [-0.25, -0.2) is 17.5 Å². The van der Waals surface area contributed by atoms with Crippen molar-refractivity contribution in [3.05, 3.63) is 62.9 Å². The number of nitrogens with one attached hydrogen (secondary N) is 1. The Morgan fingerprint density at radius 3 is 2.22 bits per heavy atom. The smallest absolute Gasteiger partial charge is 0.267 e. The van der Waals surface area contributed by atoms with Crippen LogP contribution >= 0.6 is 23.2 Å². The van der Waals surface area contributed by atoms with Crippen LogP contribution in [0, 0.1) is 5.82 Å². The second-order valence-corrected chi connectivity index (χ2v) is 13.7. The fourth-order valence-electron chi connectivity index (χ4n) is 5.93. The van der Waals surface area contributed by atoms with Gasteiger partial charge in [0.1, 0.15) is 17.7 Å². The van der Waals surface area contributed by atoms with Crippen molar-refractivity contribution in [3.63, 3.8) is 0 Å². The molecule has 0 unspecified atom stereocenters. The number of carbonyl (C=O) groups is 1. The molecule has 198 valence electrons. The predicted molar refractivity (Wildman–Crippen MR) is 140 cm³/mol. The molecule has 10 heteroatoms. The number of hydrogen-bond donors (Lipinski definition) is 1. The highest BCUT2D eigenvalue weighted by Gasteiger charge is 2.42. The van der Waals surface area contributed by atoms with Gasteiger partial charge in [-0.2, -0.15) is 0 Å². The first-order valence-corrected chi connectivity index (χ1v) is 15.2. The Kier molecular flexibility index (Phi) is 6.66. The van der Waals surface area contributed by atoms with Crippen molar-refractivity contribution in [2.75, 3.05) is 0 Å². The van der Waals surface area contributed by atoms with Crippen LogP contribution in [-0.2, 0) is 16.6 Å². The van der Waals surface area contributed by atoms with E-state index in [0.717, 1.165) is 49.7 Å². The summed E-state index contributed by atoms with van der Waals surface area (Å²) >= 11 is 12.3. The van der Waals surface area contributed by atoms with Crippen molar-refractivity contribution in [2.45, 2.75) is 87.3 Å². The third-order valence-electron chi connectivity index (χ3n) is 8.02. The van der Waals surface area contributed by atoms with E-state index in [0.29, 0.717) is 47.3 Å². The number of hydrogen-bond acceptors (Lipinski definition) is 5. The molecule has 0 radical (unpaired) electrons. The molecule has 2 aliphatic carbocycles. The maximum Gasteiger partial charge on any atom is 0.267 e. The van der Waals surface area contributed by atoms with Gasteiger partial charge in [0.25, 0.3) is 5.91 Å². The zero-order chi connectivity index (χ0) is 25.9. The average molecular weight is 568 g/mol. The zero-order valence-corrected chi connectivity index (χ0v) is 22.6. The van der Waals surface area contributed by atoms with E-state index in [4.69, 9.17) is 27.9 Å². The van der Waals surface area contributed by atoms with E-state index in [1.165, 1.54) is 6.07 Å². The summed E-state index contributed by atoms with van der Waals surface area (Å²) in [6, 6.07) is 8.91. The van der Waals surface area contributed by atoms with Crippen molar-refractivity contribution >= 4 is 39.1 Å². The van der Waals surface area contributed by atoms with Crippen molar-refractivity contribution in [1.29, 1.82) is 0 Å². The van der Waals surface area contributed by atoms with Crippen LogP contribution in [0.1, 0.15) is 78.8 Å². The molecule has 0 spiro atoms. The maximum absolute atomic E-state index is 15.2. The first-order chi connectivity index (χ1) is 17.7. The summed E-state index contributed by atoms with van der Waals surface area (Å²) in [6.45, 7) is 0.607. The second-order valence-electron chi connectivity index (χ2n) is 10.9. The second kappa shape index (κ2) is 9.70. The first kappa shape index (κ1) is 25.4. The molecule has 3 atom stereocenters. The number of nitrogens with zero attached hydrogens (tertiary/aromatic N) is 1. The number of piperidine rings is 1. The van der Waals surface area contributed by atoms with Crippen LogP contribution in [-0.4, -0.2) is 42.7 Å². The number of rotatable bonds is 8. The van der Waals surface area contributed by atoms with E-state index in [1.807, 2.05) is 0 Å². The van der Waals surface area contributed by atoms with E-state index in [-0.39, 0.29) is 17.6 Å². The number of fused-ring (bicyclic) bond motifs is 2. The molecule has 2 bridgehead atoms. The average Bonchev–Trinajstić information content (AvgIpc) is 3.71. The van der Waals surface area contributed by atoms with Gasteiger partial charge in [0.2, 0.25) is 10.0 Å². The Morgan fingerprint density at radius 1 is 0.973 bits per heavy atom. The number of ether oxygens (including phenoxy) is 1. The summed E-state index contributed by atoms with van der Waals surface area (Å²) in [4.78, 5) is 15.1. The van der Waals surface area contributed by atoms with E-state index < -0.39 is 27.0 Å². The molecule has 6 nitrogen and oxygen atoms in total. The Bertz CT molecular complexity index is 1310. The quantitative estimate of drug-likeness (QED) is 0.436. The van der Waals surface area contributed by atoms with Crippen LogP contribution in [0.2, 0.25) is 10.0 Å². The zero-order valence-electron chi connectivity index (χ0n) is 20.3. The standard InChI is InChI=1S/C27H29Cl2FN2O4S/c28-17-8-18(29)10-21(9-17)36-22-11-19-3-4-20(12-22)32(19)14-16-7-26(30)25(13-24(16)15-1-2-15)27(33)31-37(34,35)23-5-6-23/h7-10,13,15,19-20,22-23H,1-6,11-12,14H2,(H,31,33)/t19-,20+,22+. The van der Waals surface area contributed by atoms with Crippen molar-refractivity contribution < 1.29 is 22.3 Å². The fraction of sp³-hybridized carbons (Fsp3) is 0.519. The summed E-state index contributed by atoms with van der Waals surface area (Å²) in [6.07, 6.45) is 6.95. The largest absolute Gasteiger partial charge is 0.490 e. The molecule has 1 N–H and O–H groups in total. The van der Waals surface area contributed by atoms with Gasteiger partial charge >= 0.3 is 0 Å². The van der Waals surface area contributed by atoms with Gasteiger partial charge in [0.05, 0.1) is 10.8 Å². The number of halogens is 3. The number of benzene rings is 2. The van der Waals surface area contributed by atoms with Gasteiger partial charge in [0, 0.05) is 28.7 Å². The van der Waals surface area contributed by atoms with Crippen LogP contribution in [0.15, 0.2) is 30.3 Å². The van der Waals surface area contributed by atoms with Gasteiger partial charge in [-0.05, 0) is 98.7 Å². The van der Waals surface area contributed by atoms with E-state index in [9.17, 15) is 13.2 Å². The van der Waals surface area contributed by atoms with E-state index in [1.54, 1.807) is 24.3 Å². The molecule has 1 amide bonds. The predicted octanol–water partition coefficient (Wildman–Crippen LogP) is 5.81. The van der Waals surface area contributed by atoms with Crippen molar-refractivity contribution in [3.8, 4) is 5.75 Å².